The van der Waals surface area contributed by atoms with Crippen molar-refractivity contribution in [3.05, 3.63) is 18.0 Å². The first-order valence-electron chi connectivity index (χ1n) is 6.86. The number of thioether (sulfide) groups is 1. The molecule has 0 saturated carbocycles. The summed E-state index contributed by atoms with van der Waals surface area (Å²) in [5.41, 5.74) is 1.13. The lowest BCUT2D eigenvalue weighted by molar-refractivity contribution is 0.484. The zero-order chi connectivity index (χ0) is 13.6. The van der Waals surface area contributed by atoms with E-state index in [4.69, 9.17) is 0 Å². The topological polar surface area (TPSA) is 29.9 Å². The lowest BCUT2D eigenvalue weighted by Crippen LogP contribution is -2.36. The second-order valence-corrected chi connectivity index (χ2v) is 6.35. The molecular weight excluding hydrogens is 242 g/mol. The SMILES string of the molecule is CCC(CC)(CNCc1ccn(C(C)C)n1)SC. The molecule has 0 bridgehead atoms. The van der Waals surface area contributed by atoms with E-state index >= 15 is 0 Å². The van der Waals surface area contributed by atoms with Crippen molar-refractivity contribution >= 4 is 11.8 Å². The Bertz CT molecular complexity index is 334. The van der Waals surface area contributed by atoms with Gasteiger partial charge in [-0.2, -0.15) is 16.9 Å². The number of rotatable bonds is 8. The van der Waals surface area contributed by atoms with E-state index in [2.05, 4.69) is 56.6 Å². The van der Waals surface area contributed by atoms with E-state index in [1.54, 1.807) is 0 Å². The van der Waals surface area contributed by atoms with Gasteiger partial charge in [-0.1, -0.05) is 13.8 Å². The van der Waals surface area contributed by atoms with Crippen LogP contribution in [-0.4, -0.2) is 27.3 Å². The first-order valence-corrected chi connectivity index (χ1v) is 8.09. The van der Waals surface area contributed by atoms with Crippen LogP contribution in [-0.2, 0) is 6.54 Å². The third kappa shape index (κ3) is 4.02. The summed E-state index contributed by atoms with van der Waals surface area (Å²) in [4.78, 5) is 0. The number of aromatic nitrogens is 2. The predicted molar refractivity (Wildman–Crippen MR) is 81.1 cm³/mol. The van der Waals surface area contributed by atoms with Gasteiger partial charge in [0, 0.05) is 30.1 Å². The summed E-state index contributed by atoms with van der Waals surface area (Å²) in [5.74, 6) is 0. The molecule has 1 rings (SSSR count). The van der Waals surface area contributed by atoms with Gasteiger partial charge < -0.3 is 5.32 Å². The second-order valence-electron chi connectivity index (χ2n) is 5.08. The molecule has 0 spiro atoms. The number of nitrogens with one attached hydrogen (secondary N) is 1. The minimum atomic E-state index is 0.376. The van der Waals surface area contributed by atoms with Gasteiger partial charge in [0.15, 0.2) is 0 Å². The van der Waals surface area contributed by atoms with Gasteiger partial charge in [-0.25, -0.2) is 0 Å². The molecule has 0 atom stereocenters. The highest BCUT2D eigenvalue weighted by molar-refractivity contribution is 8.00. The third-order valence-corrected chi connectivity index (χ3v) is 5.26. The molecule has 0 aromatic carbocycles. The molecule has 0 aliphatic heterocycles. The Morgan fingerprint density at radius 3 is 2.50 bits per heavy atom. The molecule has 0 radical (unpaired) electrons. The van der Waals surface area contributed by atoms with Crippen molar-refractivity contribution in [3.63, 3.8) is 0 Å². The average molecular weight is 269 g/mol. The quantitative estimate of drug-likeness (QED) is 0.783. The summed E-state index contributed by atoms with van der Waals surface area (Å²) in [7, 11) is 0. The maximum absolute atomic E-state index is 4.55. The minimum Gasteiger partial charge on any atom is -0.310 e. The Balaban J connectivity index is 2.45. The fourth-order valence-electron chi connectivity index (χ4n) is 2.04. The summed E-state index contributed by atoms with van der Waals surface area (Å²) in [6.07, 6.45) is 6.68. The third-order valence-electron chi connectivity index (χ3n) is 3.67. The van der Waals surface area contributed by atoms with Gasteiger partial charge in [-0.05, 0) is 39.0 Å². The van der Waals surface area contributed by atoms with Gasteiger partial charge in [0.25, 0.3) is 0 Å². The van der Waals surface area contributed by atoms with Gasteiger partial charge >= 0.3 is 0 Å². The van der Waals surface area contributed by atoms with Gasteiger partial charge in [0.05, 0.1) is 5.69 Å². The fourth-order valence-corrected chi connectivity index (χ4v) is 2.86. The van der Waals surface area contributed by atoms with Crippen molar-refractivity contribution < 1.29 is 0 Å². The Morgan fingerprint density at radius 2 is 2.06 bits per heavy atom. The van der Waals surface area contributed by atoms with Crippen molar-refractivity contribution in [1.82, 2.24) is 15.1 Å². The molecular formula is C14H27N3S. The van der Waals surface area contributed by atoms with E-state index in [1.165, 1.54) is 12.8 Å². The maximum atomic E-state index is 4.55. The monoisotopic (exact) mass is 269 g/mol. The first-order chi connectivity index (χ1) is 8.56. The van der Waals surface area contributed by atoms with Crippen molar-refractivity contribution in [1.29, 1.82) is 0 Å². The summed E-state index contributed by atoms with van der Waals surface area (Å²) >= 11 is 1.97. The van der Waals surface area contributed by atoms with Crippen LogP contribution in [0.5, 0.6) is 0 Å². The molecule has 4 heteroatoms. The molecule has 0 saturated heterocycles. The smallest absolute Gasteiger partial charge is 0.0762 e. The zero-order valence-corrected chi connectivity index (χ0v) is 13.2. The maximum Gasteiger partial charge on any atom is 0.0762 e. The highest BCUT2D eigenvalue weighted by Gasteiger charge is 2.24. The van der Waals surface area contributed by atoms with Crippen molar-refractivity contribution in [2.24, 2.45) is 0 Å². The second kappa shape index (κ2) is 7.19. The van der Waals surface area contributed by atoms with Crippen LogP contribution in [0.3, 0.4) is 0 Å². The fraction of sp³-hybridized carbons (Fsp3) is 0.786. The molecule has 0 unspecified atom stereocenters. The van der Waals surface area contributed by atoms with Crippen LogP contribution in [0.25, 0.3) is 0 Å². The van der Waals surface area contributed by atoms with Crippen LogP contribution in [0.2, 0.25) is 0 Å². The molecule has 0 aliphatic rings. The molecule has 104 valence electrons. The van der Waals surface area contributed by atoms with E-state index in [9.17, 15) is 0 Å². The standard InChI is InChI=1S/C14H27N3S/c1-6-14(7-2,18-5)11-15-10-13-8-9-17(16-13)12(3)4/h8-9,12,15H,6-7,10-11H2,1-5H3. The number of nitrogens with zero attached hydrogens (tertiary/aromatic N) is 2. The Labute approximate surface area is 116 Å². The van der Waals surface area contributed by atoms with Crippen LogP contribution >= 0.6 is 11.8 Å². The Kier molecular flexibility index (Phi) is 6.22. The van der Waals surface area contributed by atoms with Crippen LogP contribution < -0.4 is 5.32 Å². The molecule has 1 heterocycles. The van der Waals surface area contributed by atoms with Crippen molar-refractivity contribution in [2.45, 2.75) is 57.9 Å². The normalized spacial score (nSPS) is 12.3. The Hall–Kier alpha value is -0.480. The first kappa shape index (κ1) is 15.6. The molecule has 0 amide bonds. The van der Waals surface area contributed by atoms with Crippen molar-refractivity contribution in [2.75, 3.05) is 12.8 Å². The van der Waals surface area contributed by atoms with E-state index in [-0.39, 0.29) is 0 Å². The minimum absolute atomic E-state index is 0.376. The number of hydrogen-bond acceptors (Lipinski definition) is 3. The summed E-state index contributed by atoms with van der Waals surface area (Å²) in [5, 5.41) is 8.11. The Morgan fingerprint density at radius 1 is 1.39 bits per heavy atom. The van der Waals surface area contributed by atoms with Crippen molar-refractivity contribution in [3.8, 4) is 0 Å². The molecule has 3 nitrogen and oxygen atoms in total. The molecule has 1 aromatic heterocycles. The largest absolute Gasteiger partial charge is 0.310 e. The highest BCUT2D eigenvalue weighted by atomic mass is 32.2. The molecule has 0 fully saturated rings. The van der Waals surface area contributed by atoms with Crippen LogP contribution in [0, 0.1) is 0 Å². The highest BCUT2D eigenvalue weighted by Crippen LogP contribution is 2.29. The van der Waals surface area contributed by atoms with Gasteiger partial charge in [-0.3, -0.25) is 4.68 Å². The van der Waals surface area contributed by atoms with Crippen LogP contribution in [0.1, 0.15) is 52.3 Å². The van der Waals surface area contributed by atoms with E-state index < -0.39 is 0 Å². The molecule has 0 aliphatic carbocycles. The number of hydrogen-bond donors (Lipinski definition) is 1. The summed E-state index contributed by atoms with van der Waals surface area (Å²) in [6, 6.07) is 2.54. The van der Waals surface area contributed by atoms with Gasteiger partial charge in [-0.15, -0.1) is 0 Å². The molecule has 1 N–H and O–H groups in total. The predicted octanol–water partition coefficient (Wildman–Crippen LogP) is 3.48. The van der Waals surface area contributed by atoms with Crippen LogP contribution in [0.15, 0.2) is 12.3 Å². The van der Waals surface area contributed by atoms with E-state index in [0.29, 0.717) is 10.8 Å². The lowest BCUT2D eigenvalue weighted by Gasteiger charge is -2.29. The lowest BCUT2D eigenvalue weighted by atomic mass is 10.0. The van der Waals surface area contributed by atoms with E-state index in [1.807, 2.05) is 16.4 Å². The zero-order valence-electron chi connectivity index (χ0n) is 12.4. The average Bonchev–Trinajstić information content (AvgIpc) is 2.84. The molecule has 1 aromatic rings. The van der Waals surface area contributed by atoms with Gasteiger partial charge in [0.1, 0.15) is 0 Å². The van der Waals surface area contributed by atoms with Gasteiger partial charge in [0.2, 0.25) is 0 Å². The summed E-state index contributed by atoms with van der Waals surface area (Å²) < 4.78 is 2.39. The van der Waals surface area contributed by atoms with Crippen LogP contribution in [0.4, 0.5) is 0 Å². The molecule has 18 heavy (non-hydrogen) atoms. The van der Waals surface area contributed by atoms with E-state index in [0.717, 1.165) is 18.8 Å². The summed E-state index contributed by atoms with van der Waals surface area (Å²) in [6.45, 7) is 10.8.